The van der Waals surface area contributed by atoms with Crippen molar-refractivity contribution >= 4 is 5.96 Å². The SMILES string of the molecule is C=CCNC(=NCCCCN1CCCCC1C)NCC. The van der Waals surface area contributed by atoms with Crippen molar-refractivity contribution in [1.29, 1.82) is 0 Å². The molecule has 1 saturated heterocycles. The van der Waals surface area contributed by atoms with Crippen LogP contribution < -0.4 is 10.6 Å². The Labute approximate surface area is 124 Å². The van der Waals surface area contributed by atoms with Crippen LogP contribution >= 0.6 is 0 Å². The van der Waals surface area contributed by atoms with Crippen LogP contribution in [0.5, 0.6) is 0 Å². The summed E-state index contributed by atoms with van der Waals surface area (Å²) in [5.74, 6) is 0.902. The fourth-order valence-corrected chi connectivity index (χ4v) is 2.62. The van der Waals surface area contributed by atoms with Gasteiger partial charge in [0.1, 0.15) is 0 Å². The molecule has 1 atom stereocenters. The lowest BCUT2D eigenvalue weighted by Gasteiger charge is -2.33. The Morgan fingerprint density at radius 1 is 1.35 bits per heavy atom. The van der Waals surface area contributed by atoms with Crippen LogP contribution in [0.25, 0.3) is 0 Å². The van der Waals surface area contributed by atoms with E-state index in [2.05, 4.69) is 41.0 Å². The highest BCUT2D eigenvalue weighted by molar-refractivity contribution is 5.79. The molecule has 1 rings (SSSR count). The Kier molecular flexibility index (Phi) is 9.13. The van der Waals surface area contributed by atoms with Gasteiger partial charge < -0.3 is 15.5 Å². The zero-order valence-corrected chi connectivity index (χ0v) is 13.3. The molecule has 0 aromatic carbocycles. The molecule has 1 aliphatic rings. The first kappa shape index (κ1) is 17.0. The molecular formula is C16H32N4. The summed E-state index contributed by atoms with van der Waals surface area (Å²) in [6.45, 7) is 13.2. The van der Waals surface area contributed by atoms with Crippen molar-refractivity contribution in [3.05, 3.63) is 12.7 Å². The van der Waals surface area contributed by atoms with Crippen LogP contribution in [0, 0.1) is 0 Å². The van der Waals surface area contributed by atoms with Gasteiger partial charge in [-0.1, -0.05) is 12.5 Å². The van der Waals surface area contributed by atoms with Crippen molar-refractivity contribution in [2.45, 2.75) is 52.0 Å². The summed E-state index contributed by atoms with van der Waals surface area (Å²) < 4.78 is 0. The van der Waals surface area contributed by atoms with Gasteiger partial charge in [-0.25, -0.2) is 0 Å². The smallest absolute Gasteiger partial charge is 0.191 e. The number of piperidine rings is 1. The van der Waals surface area contributed by atoms with Gasteiger partial charge in [0.05, 0.1) is 0 Å². The number of guanidine groups is 1. The highest BCUT2D eigenvalue weighted by Gasteiger charge is 2.16. The van der Waals surface area contributed by atoms with Gasteiger partial charge in [-0.15, -0.1) is 6.58 Å². The molecule has 4 nitrogen and oxygen atoms in total. The second kappa shape index (κ2) is 10.7. The van der Waals surface area contributed by atoms with Crippen molar-refractivity contribution in [2.24, 2.45) is 4.99 Å². The maximum atomic E-state index is 4.58. The molecular weight excluding hydrogens is 248 g/mol. The van der Waals surface area contributed by atoms with E-state index < -0.39 is 0 Å². The fourth-order valence-electron chi connectivity index (χ4n) is 2.62. The van der Waals surface area contributed by atoms with Crippen LogP contribution in [-0.4, -0.2) is 49.6 Å². The summed E-state index contributed by atoms with van der Waals surface area (Å²) >= 11 is 0. The van der Waals surface area contributed by atoms with Gasteiger partial charge in [-0.2, -0.15) is 0 Å². The van der Waals surface area contributed by atoms with E-state index in [0.717, 1.165) is 38.1 Å². The Morgan fingerprint density at radius 2 is 2.20 bits per heavy atom. The first-order valence-electron chi connectivity index (χ1n) is 8.15. The molecule has 116 valence electrons. The van der Waals surface area contributed by atoms with E-state index in [9.17, 15) is 0 Å². The van der Waals surface area contributed by atoms with Crippen LogP contribution in [0.4, 0.5) is 0 Å². The quantitative estimate of drug-likeness (QED) is 0.310. The third-order valence-electron chi connectivity index (χ3n) is 3.82. The maximum absolute atomic E-state index is 4.58. The van der Waals surface area contributed by atoms with E-state index in [4.69, 9.17) is 0 Å². The Hall–Kier alpha value is -1.03. The van der Waals surface area contributed by atoms with Gasteiger partial charge in [0, 0.05) is 25.7 Å². The predicted octanol–water partition coefficient (Wildman–Crippen LogP) is 2.38. The monoisotopic (exact) mass is 280 g/mol. The van der Waals surface area contributed by atoms with Gasteiger partial charge in [0.2, 0.25) is 0 Å². The summed E-state index contributed by atoms with van der Waals surface area (Å²) in [5.41, 5.74) is 0. The number of rotatable bonds is 8. The molecule has 2 N–H and O–H groups in total. The van der Waals surface area contributed by atoms with E-state index in [-0.39, 0.29) is 0 Å². The number of nitrogens with zero attached hydrogens (tertiary/aromatic N) is 2. The van der Waals surface area contributed by atoms with Gasteiger partial charge >= 0.3 is 0 Å². The first-order valence-corrected chi connectivity index (χ1v) is 8.15. The third kappa shape index (κ3) is 6.94. The minimum Gasteiger partial charge on any atom is -0.357 e. The topological polar surface area (TPSA) is 39.7 Å². The van der Waals surface area contributed by atoms with E-state index in [1.165, 1.54) is 38.8 Å². The largest absolute Gasteiger partial charge is 0.357 e. The molecule has 0 aromatic rings. The molecule has 0 bridgehead atoms. The Bertz CT molecular complexity index is 288. The molecule has 1 fully saturated rings. The van der Waals surface area contributed by atoms with Crippen LogP contribution in [0.2, 0.25) is 0 Å². The van der Waals surface area contributed by atoms with Gasteiger partial charge in [-0.3, -0.25) is 4.99 Å². The highest BCUT2D eigenvalue weighted by Crippen LogP contribution is 2.16. The number of unbranched alkanes of at least 4 members (excludes halogenated alkanes) is 1. The van der Waals surface area contributed by atoms with E-state index >= 15 is 0 Å². The normalized spacial score (nSPS) is 20.7. The summed E-state index contributed by atoms with van der Waals surface area (Å²) in [7, 11) is 0. The third-order valence-corrected chi connectivity index (χ3v) is 3.82. The average Bonchev–Trinajstić information content (AvgIpc) is 2.46. The van der Waals surface area contributed by atoms with Crippen LogP contribution in [0.3, 0.4) is 0 Å². The number of hydrogen-bond acceptors (Lipinski definition) is 2. The number of hydrogen-bond donors (Lipinski definition) is 2. The van der Waals surface area contributed by atoms with Crippen LogP contribution in [0.15, 0.2) is 17.6 Å². The summed E-state index contributed by atoms with van der Waals surface area (Å²) in [6, 6.07) is 0.777. The second-order valence-electron chi connectivity index (χ2n) is 5.52. The average molecular weight is 280 g/mol. The van der Waals surface area contributed by atoms with Crippen LogP contribution in [0.1, 0.15) is 46.0 Å². The van der Waals surface area contributed by atoms with Gasteiger partial charge in [0.15, 0.2) is 5.96 Å². The molecule has 0 radical (unpaired) electrons. The van der Waals surface area contributed by atoms with Gasteiger partial charge in [0.25, 0.3) is 0 Å². The Balaban J connectivity index is 2.16. The molecule has 0 aliphatic carbocycles. The molecule has 0 saturated carbocycles. The predicted molar refractivity (Wildman–Crippen MR) is 88.3 cm³/mol. The van der Waals surface area contributed by atoms with Crippen molar-refractivity contribution in [3.8, 4) is 0 Å². The second-order valence-corrected chi connectivity index (χ2v) is 5.52. The molecule has 4 heteroatoms. The van der Waals surface area contributed by atoms with E-state index in [0.29, 0.717) is 0 Å². The van der Waals surface area contributed by atoms with Crippen molar-refractivity contribution in [2.75, 3.05) is 32.7 Å². The Morgan fingerprint density at radius 3 is 2.90 bits per heavy atom. The molecule has 1 unspecified atom stereocenters. The molecule has 1 heterocycles. The van der Waals surface area contributed by atoms with Gasteiger partial charge in [-0.05, 0) is 52.6 Å². The van der Waals surface area contributed by atoms with Crippen LogP contribution in [-0.2, 0) is 0 Å². The summed E-state index contributed by atoms with van der Waals surface area (Å²) in [4.78, 5) is 7.21. The van der Waals surface area contributed by atoms with Crippen molar-refractivity contribution in [1.82, 2.24) is 15.5 Å². The molecule has 0 aromatic heterocycles. The highest BCUT2D eigenvalue weighted by atomic mass is 15.2. The number of aliphatic imine (C=N–C) groups is 1. The molecule has 0 spiro atoms. The number of likely N-dealkylation sites (tertiary alicyclic amines) is 1. The molecule has 0 amide bonds. The van der Waals surface area contributed by atoms with Crippen molar-refractivity contribution < 1.29 is 0 Å². The van der Waals surface area contributed by atoms with Crippen molar-refractivity contribution in [3.63, 3.8) is 0 Å². The lowest BCUT2D eigenvalue weighted by Crippen LogP contribution is -2.38. The minimum absolute atomic E-state index is 0.761. The summed E-state index contributed by atoms with van der Waals surface area (Å²) in [6.07, 6.45) is 8.41. The lowest BCUT2D eigenvalue weighted by molar-refractivity contribution is 0.158. The molecule has 20 heavy (non-hydrogen) atoms. The zero-order chi connectivity index (χ0) is 14.6. The molecule has 1 aliphatic heterocycles. The van der Waals surface area contributed by atoms with E-state index in [1.807, 2.05) is 6.08 Å². The maximum Gasteiger partial charge on any atom is 0.191 e. The lowest BCUT2D eigenvalue weighted by atomic mass is 10.0. The minimum atomic E-state index is 0.761. The fraction of sp³-hybridized carbons (Fsp3) is 0.812. The van der Waals surface area contributed by atoms with E-state index in [1.54, 1.807) is 0 Å². The number of nitrogens with one attached hydrogen (secondary N) is 2. The summed E-state index contributed by atoms with van der Waals surface area (Å²) in [5, 5.41) is 6.47. The zero-order valence-electron chi connectivity index (χ0n) is 13.3. The first-order chi connectivity index (χ1) is 9.77. The standard InChI is InChI=1S/C16H32N4/c1-4-11-18-16(17-5-2)19-12-7-9-14-20-13-8-6-10-15(20)3/h4,15H,1,5-14H2,2-3H3,(H2,17,18,19).